The second-order valence-electron chi connectivity index (χ2n) is 7.91. The second-order valence-corrected chi connectivity index (χ2v) is 10.2. The van der Waals surface area contributed by atoms with E-state index in [1.165, 1.54) is 4.68 Å². The van der Waals surface area contributed by atoms with E-state index in [2.05, 4.69) is 9.82 Å². The number of benzene rings is 1. The van der Waals surface area contributed by atoms with Crippen molar-refractivity contribution in [2.45, 2.75) is 62.9 Å². The lowest BCUT2D eigenvalue weighted by molar-refractivity contribution is -0.141. The van der Waals surface area contributed by atoms with Crippen molar-refractivity contribution in [2.24, 2.45) is 0 Å². The van der Waals surface area contributed by atoms with Crippen molar-refractivity contribution in [1.29, 1.82) is 0 Å². The van der Waals surface area contributed by atoms with Crippen molar-refractivity contribution >= 4 is 10.0 Å². The number of hydrogen-bond acceptors (Lipinski definition) is 3. The molecule has 1 N–H and O–H groups in total. The van der Waals surface area contributed by atoms with Crippen LogP contribution in [0.15, 0.2) is 24.3 Å². The number of hydrogen-bond donors (Lipinski definition) is 1. The molecule has 0 spiro atoms. The zero-order valence-electron chi connectivity index (χ0n) is 15.6. The Kier molecular flexibility index (Phi) is 4.58. The van der Waals surface area contributed by atoms with Crippen LogP contribution in [0.4, 0.5) is 13.2 Å². The molecule has 0 unspecified atom stereocenters. The quantitative estimate of drug-likeness (QED) is 0.815. The first-order valence-electron chi connectivity index (χ1n) is 9.35. The molecule has 1 aromatic heterocycles. The molecule has 152 valence electrons. The van der Waals surface area contributed by atoms with Crippen LogP contribution in [-0.2, 0) is 29.0 Å². The standard InChI is InChI=1S/C19H22F3N3O2S/c1-11(2)28(26,27)24-15-7-13-5-6-16(9-14(13)8-15)25-17(12-3-4-12)10-18(23-25)19(20,21)22/h5-6,9-12,15,24H,3-4,7-8H2,1-2H3/t15-/m0/s1. The summed E-state index contributed by atoms with van der Waals surface area (Å²) < 4.78 is 67.8. The van der Waals surface area contributed by atoms with Crippen molar-refractivity contribution in [3.05, 3.63) is 46.8 Å². The van der Waals surface area contributed by atoms with Crippen LogP contribution < -0.4 is 4.72 Å². The van der Waals surface area contributed by atoms with E-state index < -0.39 is 27.1 Å². The third-order valence-electron chi connectivity index (χ3n) is 5.34. The smallest absolute Gasteiger partial charge is 0.237 e. The van der Waals surface area contributed by atoms with Crippen LogP contribution in [0.3, 0.4) is 0 Å². The first-order valence-corrected chi connectivity index (χ1v) is 10.9. The number of sulfonamides is 1. The molecule has 2 aliphatic carbocycles. The van der Waals surface area contributed by atoms with E-state index >= 15 is 0 Å². The molecule has 0 radical (unpaired) electrons. The number of halogens is 3. The molecule has 5 nitrogen and oxygen atoms in total. The Morgan fingerprint density at radius 3 is 2.43 bits per heavy atom. The van der Waals surface area contributed by atoms with Gasteiger partial charge in [-0.2, -0.15) is 18.3 Å². The minimum absolute atomic E-state index is 0.113. The Bertz CT molecular complexity index is 1010. The lowest BCUT2D eigenvalue weighted by Gasteiger charge is -2.14. The predicted octanol–water partition coefficient (Wildman–Crippen LogP) is 3.56. The van der Waals surface area contributed by atoms with Gasteiger partial charge in [0.25, 0.3) is 0 Å². The highest BCUT2D eigenvalue weighted by molar-refractivity contribution is 7.90. The molecule has 1 saturated carbocycles. The summed E-state index contributed by atoms with van der Waals surface area (Å²) in [4.78, 5) is 0. The maximum atomic E-state index is 13.1. The lowest BCUT2D eigenvalue weighted by atomic mass is 10.1. The largest absolute Gasteiger partial charge is 0.435 e. The molecule has 0 saturated heterocycles. The molecular formula is C19H22F3N3O2S. The van der Waals surface area contributed by atoms with Gasteiger partial charge < -0.3 is 0 Å². The molecule has 1 fully saturated rings. The predicted molar refractivity (Wildman–Crippen MR) is 98.9 cm³/mol. The summed E-state index contributed by atoms with van der Waals surface area (Å²) >= 11 is 0. The molecular weight excluding hydrogens is 391 g/mol. The van der Waals surface area contributed by atoms with Gasteiger partial charge in [-0.1, -0.05) is 6.07 Å². The Labute approximate surface area is 162 Å². The van der Waals surface area contributed by atoms with E-state index in [1.807, 2.05) is 12.1 Å². The van der Waals surface area contributed by atoms with Crippen molar-refractivity contribution in [2.75, 3.05) is 0 Å². The Morgan fingerprint density at radius 1 is 1.14 bits per heavy atom. The molecule has 0 bridgehead atoms. The topological polar surface area (TPSA) is 64.0 Å². The van der Waals surface area contributed by atoms with Crippen molar-refractivity contribution in [3.8, 4) is 5.69 Å². The maximum absolute atomic E-state index is 13.1. The number of alkyl halides is 3. The summed E-state index contributed by atoms with van der Waals surface area (Å²) in [5, 5.41) is 3.30. The molecule has 2 aromatic rings. The van der Waals surface area contributed by atoms with E-state index in [4.69, 9.17) is 0 Å². The van der Waals surface area contributed by atoms with Crippen LogP contribution in [0, 0.1) is 0 Å². The van der Waals surface area contributed by atoms with Gasteiger partial charge in [-0.15, -0.1) is 0 Å². The van der Waals surface area contributed by atoms with Gasteiger partial charge in [0.05, 0.1) is 10.9 Å². The third kappa shape index (κ3) is 3.69. The Balaban J connectivity index is 1.62. The highest BCUT2D eigenvalue weighted by Crippen LogP contribution is 2.43. The van der Waals surface area contributed by atoms with Gasteiger partial charge in [-0.05, 0) is 68.9 Å². The maximum Gasteiger partial charge on any atom is 0.435 e. The number of aromatic nitrogens is 2. The van der Waals surface area contributed by atoms with Crippen LogP contribution in [0.5, 0.6) is 0 Å². The van der Waals surface area contributed by atoms with Crippen LogP contribution in [0.25, 0.3) is 5.69 Å². The van der Waals surface area contributed by atoms with Gasteiger partial charge in [-0.25, -0.2) is 17.8 Å². The van der Waals surface area contributed by atoms with Crippen molar-refractivity contribution in [3.63, 3.8) is 0 Å². The number of rotatable bonds is 5. The summed E-state index contributed by atoms with van der Waals surface area (Å²) in [5.41, 5.74) is 2.25. The highest BCUT2D eigenvalue weighted by atomic mass is 32.2. The zero-order valence-corrected chi connectivity index (χ0v) is 16.4. The molecule has 2 aliphatic rings. The zero-order chi connectivity index (χ0) is 20.3. The van der Waals surface area contributed by atoms with E-state index in [9.17, 15) is 21.6 Å². The fourth-order valence-corrected chi connectivity index (χ4v) is 4.50. The molecule has 1 atom stereocenters. The molecule has 9 heteroatoms. The fourth-order valence-electron chi connectivity index (χ4n) is 3.60. The molecule has 1 heterocycles. The number of nitrogens with zero attached hydrogens (tertiary/aromatic N) is 2. The van der Waals surface area contributed by atoms with Crippen LogP contribution >= 0.6 is 0 Å². The molecule has 0 amide bonds. The summed E-state index contributed by atoms with van der Waals surface area (Å²) in [5.74, 6) is 0.113. The average molecular weight is 413 g/mol. The number of nitrogens with one attached hydrogen (secondary N) is 1. The second kappa shape index (κ2) is 6.59. The third-order valence-corrected chi connectivity index (χ3v) is 7.24. The van der Waals surface area contributed by atoms with Gasteiger partial charge in [-0.3, -0.25) is 0 Å². The first kappa shape index (κ1) is 19.4. The molecule has 0 aliphatic heterocycles. The molecule has 4 rings (SSSR count). The lowest BCUT2D eigenvalue weighted by Crippen LogP contribution is -2.39. The minimum atomic E-state index is -4.48. The van der Waals surface area contributed by atoms with Crippen molar-refractivity contribution in [1.82, 2.24) is 14.5 Å². The Morgan fingerprint density at radius 2 is 1.82 bits per heavy atom. The summed E-state index contributed by atoms with van der Waals surface area (Å²) in [7, 11) is -3.38. The average Bonchev–Trinajstić information content (AvgIpc) is 3.19. The van der Waals surface area contributed by atoms with Crippen LogP contribution in [-0.4, -0.2) is 29.5 Å². The van der Waals surface area contributed by atoms with Gasteiger partial charge in [0.15, 0.2) is 5.69 Å². The van der Waals surface area contributed by atoms with E-state index in [1.54, 1.807) is 19.9 Å². The van der Waals surface area contributed by atoms with E-state index in [0.29, 0.717) is 24.2 Å². The van der Waals surface area contributed by atoms with Gasteiger partial charge in [0.1, 0.15) is 0 Å². The molecule has 28 heavy (non-hydrogen) atoms. The monoisotopic (exact) mass is 413 g/mol. The fraction of sp³-hybridized carbons (Fsp3) is 0.526. The van der Waals surface area contributed by atoms with E-state index in [0.717, 1.165) is 30.0 Å². The normalized spacial score (nSPS) is 20.0. The number of fused-ring (bicyclic) bond motifs is 1. The van der Waals surface area contributed by atoms with Crippen molar-refractivity contribution < 1.29 is 21.6 Å². The van der Waals surface area contributed by atoms with Crippen LogP contribution in [0.1, 0.15) is 55.1 Å². The SMILES string of the molecule is CC(C)S(=O)(=O)N[C@H]1Cc2ccc(-n3nc(C(F)(F)F)cc3C3CC3)cc2C1. The summed E-state index contributed by atoms with van der Waals surface area (Å²) in [6.45, 7) is 3.25. The first-order chi connectivity index (χ1) is 13.0. The molecule has 1 aromatic carbocycles. The Hall–Kier alpha value is -1.87. The summed E-state index contributed by atoms with van der Waals surface area (Å²) in [6.07, 6.45) is -1.66. The summed E-state index contributed by atoms with van der Waals surface area (Å²) in [6, 6.07) is 6.36. The highest BCUT2D eigenvalue weighted by Gasteiger charge is 2.38. The van der Waals surface area contributed by atoms with E-state index in [-0.39, 0.29) is 12.0 Å². The van der Waals surface area contributed by atoms with Crippen LogP contribution in [0.2, 0.25) is 0 Å². The van der Waals surface area contributed by atoms with Gasteiger partial charge in [0, 0.05) is 17.7 Å². The van der Waals surface area contributed by atoms with Gasteiger partial charge >= 0.3 is 6.18 Å². The minimum Gasteiger partial charge on any atom is -0.237 e. The van der Waals surface area contributed by atoms with Gasteiger partial charge in [0.2, 0.25) is 10.0 Å².